The highest BCUT2D eigenvalue weighted by Gasteiger charge is 2.33. The molecule has 0 saturated heterocycles. The van der Waals surface area contributed by atoms with Gasteiger partial charge in [0.15, 0.2) is 0 Å². The molecule has 0 aromatic heterocycles. The van der Waals surface area contributed by atoms with Crippen molar-refractivity contribution in [1.82, 2.24) is 37.2 Å². The highest BCUT2D eigenvalue weighted by atomic mass is 16.4. The summed E-state index contributed by atoms with van der Waals surface area (Å²) in [6.07, 6.45) is -0.136. The van der Waals surface area contributed by atoms with Crippen LogP contribution in [0.25, 0.3) is 0 Å². The number of primary amides is 1. The van der Waals surface area contributed by atoms with Crippen LogP contribution in [-0.4, -0.2) is 125 Å². The Balaban J connectivity index is 5.80. The highest BCUT2D eigenvalue weighted by molar-refractivity contribution is 5.97. The molecule has 59 heavy (non-hydrogen) atoms. The summed E-state index contributed by atoms with van der Waals surface area (Å²) in [6.45, 7) is 11.4. The molecule has 0 heterocycles. The van der Waals surface area contributed by atoms with Crippen LogP contribution >= 0.6 is 0 Å². The van der Waals surface area contributed by atoms with E-state index in [2.05, 4.69) is 37.2 Å². The lowest BCUT2D eigenvalue weighted by Gasteiger charge is -2.28. The van der Waals surface area contributed by atoms with Crippen LogP contribution in [0.2, 0.25) is 0 Å². The Morgan fingerprint density at radius 2 is 1.14 bits per heavy atom. The van der Waals surface area contributed by atoms with Crippen molar-refractivity contribution in [2.75, 3.05) is 13.1 Å². The quantitative estimate of drug-likeness (QED) is 0.0336. The van der Waals surface area contributed by atoms with Crippen LogP contribution in [0.4, 0.5) is 0 Å². The van der Waals surface area contributed by atoms with Crippen LogP contribution in [0.3, 0.4) is 0 Å². The number of hydrogen-bond acceptors (Lipinski definition) is 12. The van der Waals surface area contributed by atoms with Crippen LogP contribution in [0, 0.1) is 17.8 Å². The second-order valence-corrected chi connectivity index (χ2v) is 15.6. The predicted molar refractivity (Wildman–Crippen MR) is 213 cm³/mol. The topological polar surface area (TPSA) is 373 Å². The first-order chi connectivity index (χ1) is 27.4. The van der Waals surface area contributed by atoms with Gasteiger partial charge in [-0.25, -0.2) is 4.79 Å². The van der Waals surface area contributed by atoms with Gasteiger partial charge < -0.3 is 64.6 Å². The lowest BCUT2D eigenvalue weighted by atomic mass is 9.99. The number of carboxylic acids is 2. The van der Waals surface area contributed by atoms with E-state index in [0.29, 0.717) is 19.3 Å². The fraction of sp³-hybridized carbons (Fsp3) is 0.730. The maximum atomic E-state index is 13.5. The number of amides is 8. The molecule has 7 unspecified atom stereocenters. The van der Waals surface area contributed by atoms with Crippen molar-refractivity contribution < 1.29 is 58.2 Å². The van der Waals surface area contributed by atoms with Crippen molar-refractivity contribution in [1.29, 1.82) is 0 Å². The van der Waals surface area contributed by atoms with E-state index in [9.17, 15) is 53.1 Å². The van der Waals surface area contributed by atoms with Gasteiger partial charge in [0, 0.05) is 6.42 Å². The van der Waals surface area contributed by atoms with E-state index >= 15 is 0 Å². The van der Waals surface area contributed by atoms with E-state index < -0.39 is 133 Å². The number of nitrogens with two attached hydrogens (primary N) is 3. The van der Waals surface area contributed by atoms with E-state index in [1.165, 1.54) is 6.92 Å². The Morgan fingerprint density at radius 1 is 0.576 bits per heavy atom. The summed E-state index contributed by atoms with van der Waals surface area (Å²) in [5.74, 6) is -9.90. The first kappa shape index (κ1) is 53.6. The molecule has 0 fully saturated rings. The summed E-state index contributed by atoms with van der Waals surface area (Å²) < 4.78 is 0. The van der Waals surface area contributed by atoms with E-state index in [0.717, 1.165) is 0 Å². The Morgan fingerprint density at radius 3 is 1.64 bits per heavy atom. The zero-order valence-electron chi connectivity index (χ0n) is 35.1. The molecular weight excluding hydrogens is 776 g/mol. The minimum absolute atomic E-state index is 0.0661. The summed E-state index contributed by atoms with van der Waals surface area (Å²) in [5.41, 5.74) is 16.7. The molecule has 0 aliphatic carbocycles. The average molecular weight is 843 g/mol. The smallest absolute Gasteiger partial charge is 0.326 e. The predicted octanol–water partition coefficient (Wildman–Crippen LogP) is -2.94. The van der Waals surface area contributed by atoms with E-state index in [-0.39, 0.29) is 31.2 Å². The number of carbonyl (C=O) groups excluding carboxylic acids is 8. The van der Waals surface area contributed by atoms with Crippen LogP contribution in [0.15, 0.2) is 0 Å². The fourth-order valence-electron chi connectivity index (χ4n) is 5.56. The number of carbonyl (C=O) groups is 10. The minimum atomic E-state index is -1.53. The van der Waals surface area contributed by atoms with Gasteiger partial charge in [-0.15, -0.1) is 0 Å². The van der Waals surface area contributed by atoms with Gasteiger partial charge in [0.2, 0.25) is 47.3 Å². The number of carboxylic acid groups (broad SMARTS) is 2. The van der Waals surface area contributed by atoms with Gasteiger partial charge in [-0.2, -0.15) is 0 Å². The Kier molecular flexibility index (Phi) is 24.8. The third-order valence-electron chi connectivity index (χ3n) is 8.72. The maximum Gasteiger partial charge on any atom is 0.326 e. The van der Waals surface area contributed by atoms with Crippen molar-refractivity contribution in [2.45, 2.75) is 142 Å². The number of nitrogens with one attached hydrogen (secondary N) is 7. The highest BCUT2D eigenvalue weighted by Crippen LogP contribution is 2.10. The molecule has 0 radical (unpaired) electrons. The summed E-state index contributed by atoms with van der Waals surface area (Å²) in [7, 11) is 0. The molecule has 7 atom stereocenters. The molecule has 0 aromatic carbocycles. The van der Waals surface area contributed by atoms with E-state index in [1.807, 2.05) is 13.8 Å². The number of hydrogen-bond donors (Lipinski definition) is 12. The second-order valence-electron chi connectivity index (χ2n) is 15.6. The Hall–Kier alpha value is -5.38. The molecule has 336 valence electrons. The molecule has 0 aliphatic rings. The van der Waals surface area contributed by atoms with Crippen molar-refractivity contribution >= 4 is 59.2 Å². The molecule has 0 aromatic rings. The Labute approximate surface area is 344 Å². The van der Waals surface area contributed by atoms with Gasteiger partial charge >= 0.3 is 11.9 Å². The zero-order chi connectivity index (χ0) is 45.6. The maximum absolute atomic E-state index is 13.5. The summed E-state index contributed by atoms with van der Waals surface area (Å²) in [5, 5.41) is 35.4. The summed E-state index contributed by atoms with van der Waals surface area (Å²) in [6, 6.07) is -8.86. The third kappa shape index (κ3) is 22.4. The largest absolute Gasteiger partial charge is 0.481 e. The fourth-order valence-corrected chi connectivity index (χ4v) is 5.56. The van der Waals surface area contributed by atoms with Gasteiger partial charge in [0.25, 0.3) is 0 Å². The van der Waals surface area contributed by atoms with Crippen LogP contribution in [0.5, 0.6) is 0 Å². The number of aliphatic carboxylic acids is 2. The third-order valence-corrected chi connectivity index (χ3v) is 8.72. The molecule has 22 nitrogen and oxygen atoms in total. The monoisotopic (exact) mass is 842 g/mol. The van der Waals surface area contributed by atoms with Crippen molar-refractivity contribution in [3.63, 3.8) is 0 Å². The average Bonchev–Trinajstić information content (AvgIpc) is 3.12. The number of rotatable bonds is 29. The molecular formula is C37H66N10O12. The lowest BCUT2D eigenvalue weighted by Crippen LogP contribution is -2.59. The molecule has 0 bridgehead atoms. The summed E-state index contributed by atoms with van der Waals surface area (Å²) in [4.78, 5) is 126. The summed E-state index contributed by atoms with van der Waals surface area (Å²) >= 11 is 0. The van der Waals surface area contributed by atoms with E-state index in [1.54, 1.807) is 27.7 Å². The van der Waals surface area contributed by atoms with Gasteiger partial charge in [-0.05, 0) is 69.7 Å². The normalized spacial score (nSPS) is 14.7. The second kappa shape index (κ2) is 27.3. The first-order valence-corrected chi connectivity index (χ1v) is 19.7. The van der Waals surface area contributed by atoms with Crippen molar-refractivity contribution in [3.8, 4) is 0 Å². The molecule has 0 saturated carbocycles. The first-order valence-electron chi connectivity index (χ1n) is 19.7. The van der Waals surface area contributed by atoms with Gasteiger partial charge in [0.05, 0.1) is 19.0 Å². The van der Waals surface area contributed by atoms with Crippen LogP contribution in [-0.2, 0) is 47.9 Å². The molecule has 0 aliphatic heterocycles. The molecule has 0 spiro atoms. The Bertz CT molecular complexity index is 1470. The van der Waals surface area contributed by atoms with Gasteiger partial charge in [-0.1, -0.05) is 41.5 Å². The standard InChI is InChI=1S/C37H66N10O12/c1-18(2)14-22(39)32(53)46-26(16-27(40)48)33(54)41-17-28(49)43-23(10-8-9-13-38)34(55)42-21(7)31(52)45-25(15-19(3)4)35(56)47-30(20(5)6)36(57)44-24(37(58)59)11-12-29(50)51/h18-26,30H,8-17,38-39H2,1-7H3,(H2,40,48)(H,41,54)(H,42,55)(H,43,49)(H,44,57)(H,45,52)(H,46,53)(H,47,56)(H,50,51)(H,58,59). The minimum Gasteiger partial charge on any atom is -0.481 e. The molecule has 0 rings (SSSR count). The SMILES string of the molecule is CC(C)CC(N)C(=O)NC(CC(N)=O)C(=O)NCC(=O)NC(CCCCN)C(=O)NC(C)C(=O)NC(CC(C)C)C(=O)NC(C(=O)NC(CCC(=O)O)C(=O)O)C(C)C. The van der Waals surface area contributed by atoms with Gasteiger partial charge in [0.1, 0.15) is 36.3 Å². The van der Waals surface area contributed by atoms with E-state index in [4.69, 9.17) is 22.3 Å². The van der Waals surface area contributed by atoms with Crippen LogP contribution < -0.4 is 54.4 Å². The van der Waals surface area contributed by atoms with Crippen molar-refractivity contribution in [2.24, 2.45) is 35.0 Å². The van der Waals surface area contributed by atoms with Crippen molar-refractivity contribution in [3.05, 3.63) is 0 Å². The zero-order valence-corrected chi connectivity index (χ0v) is 35.1. The van der Waals surface area contributed by atoms with Gasteiger partial charge in [-0.3, -0.25) is 43.2 Å². The molecule has 15 N–H and O–H groups in total. The number of unbranched alkanes of at least 4 members (excludes halogenated alkanes) is 1. The molecule has 22 heteroatoms. The lowest BCUT2D eigenvalue weighted by molar-refractivity contribution is -0.143. The molecule has 8 amide bonds. The van der Waals surface area contributed by atoms with Crippen LogP contribution in [0.1, 0.15) is 99.8 Å².